The van der Waals surface area contributed by atoms with Crippen LogP contribution in [-0.2, 0) is 0 Å². The van der Waals surface area contributed by atoms with Crippen LogP contribution in [0.5, 0.6) is 5.75 Å². The van der Waals surface area contributed by atoms with Gasteiger partial charge in [-0.05, 0) is 12.1 Å². The Balaban J connectivity index is 1.97. The molecule has 0 saturated heterocycles. The van der Waals surface area contributed by atoms with Crippen molar-refractivity contribution in [3.8, 4) is 5.75 Å². The summed E-state index contributed by atoms with van der Waals surface area (Å²) >= 11 is 1.20. The lowest BCUT2D eigenvalue weighted by Gasteiger charge is -2.03. The number of nitro groups is 1. The second-order valence-corrected chi connectivity index (χ2v) is 3.91. The quantitative estimate of drug-likeness (QED) is 0.678. The summed E-state index contributed by atoms with van der Waals surface area (Å²) in [6, 6.07) is 5.18. The number of nitrogens with one attached hydrogen (secondary N) is 1. The summed E-state index contributed by atoms with van der Waals surface area (Å²) in [5.41, 5.74) is -0.0720. The summed E-state index contributed by atoms with van der Waals surface area (Å²) in [4.78, 5) is 25.0. The molecule has 1 N–H and O–H groups in total. The van der Waals surface area contributed by atoms with E-state index in [9.17, 15) is 14.9 Å². The SMILES string of the molecule is O=C(Nc1n[c]cs1)Oc1ccc([N+](=O)[O-])cc1. The maximum Gasteiger partial charge on any atom is 0.418 e. The van der Waals surface area contributed by atoms with E-state index in [2.05, 4.69) is 16.5 Å². The Morgan fingerprint density at radius 1 is 1.44 bits per heavy atom. The van der Waals surface area contributed by atoms with Crippen molar-refractivity contribution in [1.82, 2.24) is 4.98 Å². The minimum absolute atomic E-state index is 0.0720. The Kier molecular flexibility index (Phi) is 3.49. The number of carbonyl (C=O) groups is 1. The summed E-state index contributed by atoms with van der Waals surface area (Å²) in [6.45, 7) is 0. The van der Waals surface area contributed by atoms with Crippen LogP contribution in [0.25, 0.3) is 0 Å². The molecule has 0 aliphatic carbocycles. The van der Waals surface area contributed by atoms with Crippen LogP contribution < -0.4 is 10.1 Å². The number of anilines is 1. The minimum Gasteiger partial charge on any atom is -0.410 e. The van der Waals surface area contributed by atoms with Crippen molar-refractivity contribution in [3.63, 3.8) is 0 Å². The van der Waals surface area contributed by atoms with Crippen LogP contribution in [-0.4, -0.2) is 16.0 Å². The highest BCUT2D eigenvalue weighted by molar-refractivity contribution is 7.13. The molecule has 2 aromatic rings. The Hall–Kier alpha value is -2.48. The van der Waals surface area contributed by atoms with E-state index in [0.717, 1.165) is 0 Å². The molecular weight excluding hydrogens is 258 g/mol. The van der Waals surface area contributed by atoms with Crippen molar-refractivity contribution >= 4 is 28.2 Å². The largest absolute Gasteiger partial charge is 0.418 e. The highest BCUT2D eigenvalue weighted by Gasteiger charge is 2.09. The van der Waals surface area contributed by atoms with Crippen LogP contribution >= 0.6 is 11.3 Å². The van der Waals surface area contributed by atoms with Gasteiger partial charge in [0.1, 0.15) is 11.9 Å². The van der Waals surface area contributed by atoms with E-state index in [1.807, 2.05) is 0 Å². The lowest BCUT2D eigenvalue weighted by Crippen LogP contribution is -2.16. The third kappa shape index (κ3) is 3.01. The Bertz CT molecular complexity index is 553. The summed E-state index contributed by atoms with van der Waals surface area (Å²) < 4.78 is 4.90. The van der Waals surface area contributed by atoms with Gasteiger partial charge in [-0.1, -0.05) is 0 Å². The molecule has 1 heterocycles. The monoisotopic (exact) mass is 264 g/mol. The fourth-order valence-corrected chi connectivity index (χ4v) is 1.57. The molecule has 8 heteroatoms. The van der Waals surface area contributed by atoms with Crippen molar-refractivity contribution in [2.75, 3.05) is 5.32 Å². The fourth-order valence-electron chi connectivity index (χ4n) is 1.11. The molecule has 0 bridgehead atoms. The molecule has 1 aromatic heterocycles. The van der Waals surface area contributed by atoms with Gasteiger partial charge in [-0.2, -0.15) is 0 Å². The van der Waals surface area contributed by atoms with E-state index in [0.29, 0.717) is 5.13 Å². The first-order valence-electron chi connectivity index (χ1n) is 4.70. The Labute approximate surface area is 105 Å². The number of benzene rings is 1. The van der Waals surface area contributed by atoms with Crippen LogP contribution in [0.4, 0.5) is 15.6 Å². The number of ether oxygens (including phenoxy) is 1. The smallest absolute Gasteiger partial charge is 0.410 e. The molecule has 1 radical (unpaired) electrons. The number of hydrogen-bond donors (Lipinski definition) is 1. The molecular formula is C10H6N3O4S. The number of aromatic nitrogens is 1. The topological polar surface area (TPSA) is 94.4 Å². The van der Waals surface area contributed by atoms with Gasteiger partial charge in [0, 0.05) is 17.5 Å². The van der Waals surface area contributed by atoms with Gasteiger partial charge in [0.05, 0.1) is 4.92 Å². The van der Waals surface area contributed by atoms with E-state index in [4.69, 9.17) is 4.74 Å². The average molecular weight is 264 g/mol. The van der Waals surface area contributed by atoms with E-state index < -0.39 is 11.0 Å². The van der Waals surface area contributed by atoms with Crippen molar-refractivity contribution < 1.29 is 14.5 Å². The molecule has 0 atom stereocenters. The highest BCUT2D eigenvalue weighted by Crippen LogP contribution is 2.18. The van der Waals surface area contributed by atoms with Gasteiger partial charge in [0.2, 0.25) is 0 Å². The zero-order valence-corrected chi connectivity index (χ0v) is 9.64. The van der Waals surface area contributed by atoms with Crippen LogP contribution in [0.3, 0.4) is 0 Å². The number of nitro benzene ring substituents is 1. The van der Waals surface area contributed by atoms with E-state index in [1.54, 1.807) is 5.38 Å². The first kappa shape index (κ1) is 12.0. The third-order valence-electron chi connectivity index (χ3n) is 1.86. The van der Waals surface area contributed by atoms with Gasteiger partial charge in [-0.25, -0.2) is 9.78 Å². The Morgan fingerprint density at radius 2 is 2.17 bits per heavy atom. The van der Waals surface area contributed by atoms with Crippen molar-refractivity contribution in [3.05, 3.63) is 46.0 Å². The van der Waals surface area contributed by atoms with Crippen molar-refractivity contribution in [2.45, 2.75) is 0 Å². The number of thiazole rings is 1. The lowest BCUT2D eigenvalue weighted by molar-refractivity contribution is -0.384. The summed E-state index contributed by atoms with van der Waals surface area (Å²) in [7, 11) is 0. The van der Waals surface area contributed by atoms with E-state index >= 15 is 0 Å². The van der Waals surface area contributed by atoms with Crippen molar-refractivity contribution in [2.24, 2.45) is 0 Å². The molecule has 91 valence electrons. The molecule has 18 heavy (non-hydrogen) atoms. The third-order valence-corrected chi connectivity index (χ3v) is 2.50. The molecule has 7 nitrogen and oxygen atoms in total. The van der Waals surface area contributed by atoms with Crippen LogP contribution in [0.1, 0.15) is 0 Å². The van der Waals surface area contributed by atoms with Gasteiger partial charge in [-0.3, -0.25) is 15.4 Å². The molecule has 2 rings (SSSR count). The molecule has 0 aliphatic rings. The van der Waals surface area contributed by atoms with Crippen LogP contribution in [0, 0.1) is 16.3 Å². The number of non-ortho nitro benzene ring substituents is 1. The predicted octanol–water partition coefficient (Wildman–Crippen LogP) is 2.46. The maximum atomic E-state index is 11.4. The van der Waals surface area contributed by atoms with E-state index in [1.165, 1.54) is 35.6 Å². The first-order chi connectivity index (χ1) is 8.65. The summed E-state index contributed by atoms with van der Waals surface area (Å²) in [6.07, 6.45) is 1.83. The number of carbonyl (C=O) groups excluding carboxylic acids is 1. The normalized spacial score (nSPS) is 9.78. The molecule has 0 unspecified atom stereocenters. The van der Waals surface area contributed by atoms with Crippen molar-refractivity contribution in [1.29, 1.82) is 0 Å². The average Bonchev–Trinajstić information content (AvgIpc) is 2.82. The zero-order valence-electron chi connectivity index (χ0n) is 8.82. The lowest BCUT2D eigenvalue weighted by atomic mass is 10.3. The second-order valence-electron chi connectivity index (χ2n) is 3.05. The zero-order chi connectivity index (χ0) is 13.0. The van der Waals surface area contributed by atoms with Gasteiger partial charge in [0.15, 0.2) is 5.13 Å². The number of hydrogen-bond acceptors (Lipinski definition) is 6. The van der Waals surface area contributed by atoms with Gasteiger partial charge in [-0.15, -0.1) is 11.3 Å². The second kappa shape index (κ2) is 5.23. The molecule has 1 aromatic carbocycles. The van der Waals surface area contributed by atoms with E-state index in [-0.39, 0.29) is 11.4 Å². The number of rotatable bonds is 3. The molecule has 0 fully saturated rings. The molecule has 0 spiro atoms. The fraction of sp³-hybridized carbons (Fsp3) is 0. The molecule has 0 aliphatic heterocycles. The highest BCUT2D eigenvalue weighted by atomic mass is 32.1. The number of amides is 1. The molecule has 0 saturated carbocycles. The standard InChI is InChI=1S/C10H6N3O4S/c14-10(12-9-11-5-6-18-9)17-8-3-1-7(2-4-8)13(15)16/h1-4,6H,(H,11,12,14). The minimum atomic E-state index is -0.716. The van der Waals surface area contributed by atoms with Gasteiger partial charge >= 0.3 is 6.09 Å². The summed E-state index contributed by atoms with van der Waals surface area (Å²) in [5, 5.41) is 14.8. The van der Waals surface area contributed by atoms with Crippen LogP contribution in [0.2, 0.25) is 0 Å². The van der Waals surface area contributed by atoms with Gasteiger partial charge < -0.3 is 4.74 Å². The number of nitrogens with zero attached hydrogens (tertiary/aromatic N) is 2. The predicted molar refractivity (Wildman–Crippen MR) is 63.7 cm³/mol. The van der Waals surface area contributed by atoms with Gasteiger partial charge in [0.25, 0.3) is 5.69 Å². The molecule has 1 amide bonds. The summed E-state index contributed by atoms with van der Waals surface area (Å²) in [5.74, 6) is 0.207. The Morgan fingerprint density at radius 3 is 2.72 bits per heavy atom. The van der Waals surface area contributed by atoms with Crippen LogP contribution in [0.15, 0.2) is 29.6 Å². The maximum absolute atomic E-state index is 11.4. The first-order valence-corrected chi connectivity index (χ1v) is 5.58.